The van der Waals surface area contributed by atoms with Gasteiger partial charge in [0.2, 0.25) is 5.91 Å². The standard InChI is InChI=1S/C28H30BrClN2O3/c1-3-20(2)31-28(34)26(17-21-7-5-4-6-8-21)32(18-22-9-11-23(29)12-10-22)27(33)19-35-25-15-13-24(30)14-16-25/h4-16,20,26H,3,17-19H2,1-2H3,(H,31,34)/t20-,26-/m1/s1. The molecule has 0 aliphatic heterocycles. The average molecular weight is 558 g/mol. The summed E-state index contributed by atoms with van der Waals surface area (Å²) in [6, 6.07) is 23.6. The molecule has 7 heteroatoms. The molecule has 2 atom stereocenters. The van der Waals surface area contributed by atoms with Crippen LogP contribution in [0, 0.1) is 0 Å². The Bertz CT molecular complexity index is 1090. The second kappa shape index (κ2) is 13.3. The second-order valence-electron chi connectivity index (χ2n) is 8.41. The van der Waals surface area contributed by atoms with Gasteiger partial charge in [-0.25, -0.2) is 0 Å². The molecule has 184 valence electrons. The minimum atomic E-state index is -0.698. The summed E-state index contributed by atoms with van der Waals surface area (Å²) in [6.45, 7) is 4.06. The zero-order valence-electron chi connectivity index (χ0n) is 19.9. The van der Waals surface area contributed by atoms with Crippen molar-refractivity contribution in [3.63, 3.8) is 0 Å². The van der Waals surface area contributed by atoms with Crippen molar-refractivity contribution in [2.75, 3.05) is 6.61 Å². The first kappa shape index (κ1) is 26.8. The monoisotopic (exact) mass is 556 g/mol. The fourth-order valence-electron chi connectivity index (χ4n) is 3.54. The Hall–Kier alpha value is -2.83. The Morgan fingerprint density at radius 2 is 1.63 bits per heavy atom. The van der Waals surface area contributed by atoms with Gasteiger partial charge in [0.15, 0.2) is 6.61 Å². The molecule has 0 unspecified atom stereocenters. The molecule has 0 bridgehead atoms. The molecule has 3 aromatic carbocycles. The number of carbonyl (C=O) groups excluding carboxylic acids is 2. The van der Waals surface area contributed by atoms with Gasteiger partial charge in [0.25, 0.3) is 5.91 Å². The molecule has 1 N–H and O–H groups in total. The fourth-order valence-corrected chi connectivity index (χ4v) is 3.93. The van der Waals surface area contributed by atoms with E-state index < -0.39 is 6.04 Å². The molecule has 0 spiro atoms. The lowest BCUT2D eigenvalue weighted by atomic mass is 10.0. The highest BCUT2D eigenvalue weighted by Gasteiger charge is 2.31. The number of carbonyl (C=O) groups is 2. The highest BCUT2D eigenvalue weighted by atomic mass is 79.9. The van der Waals surface area contributed by atoms with E-state index in [9.17, 15) is 9.59 Å². The molecule has 0 aromatic heterocycles. The van der Waals surface area contributed by atoms with Crippen LogP contribution in [0.15, 0.2) is 83.3 Å². The van der Waals surface area contributed by atoms with Gasteiger partial charge in [-0.1, -0.05) is 76.9 Å². The quantitative estimate of drug-likeness (QED) is 0.313. The first-order valence-electron chi connectivity index (χ1n) is 11.6. The average Bonchev–Trinajstić information content (AvgIpc) is 2.87. The third-order valence-corrected chi connectivity index (χ3v) is 6.49. The summed E-state index contributed by atoms with van der Waals surface area (Å²) in [5, 5.41) is 3.65. The molecule has 0 radical (unpaired) electrons. The fraction of sp³-hybridized carbons (Fsp3) is 0.286. The van der Waals surface area contributed by atoms with Crippen LogP contribution in [-0.2, 0) is 22.6 Å². The Balaban J connectivity index is 1.89. The summed E-state index contributed by atoms with van der Waals surface area (Å²) >= 11 is 9.41. The van der Waals surface area contributed by atoms with Crippen molar-refractivity contribution >= 4 is 39.3 Å². The van der Waals surface area contributed by atoms with Crippen molar-refractivity contribution in [1.29, 1.82) is 0 Å². The second-order valence-corrected chi connectivity index (χ2v) is 9.77. The largest absolute Gasteiger partial charge is 0.484 e. The van der Waals surface area contributed by atoms with E-state index in [4.69, 9.17) is 16.3 Å². The minimum Gasteiger partial charge on any atom is -0.484 e. The molecular formula is C28H30BrClN2O3. The maximum absolute atomic E-state index is 13.5. The number of halogens is 2. The number of ether oxygens (including phenoxy) is 1. The maximum Gasteiger partial charge on any atom is 0.261 e. The van der Waals surface area contributed by atoms with Gasteiger partial charge in [0.1, 0.15) is 11.8 Å². The third-order valence-electron chi connectivity index (χ3n) is 5.71. The van der Waals surface area contributed by atoms with Crippen molar-refractivity contribution in [2.45, 2.75) is 45.3 Å². The molecule has 0 aliphatic rings. The number of benzene rings is 3. The van der Waals surface area contributed by atoms with Gasteiger partial charge in [-0.3, -0.25) is 9.59 Å². The molecule has 0 fully saturated rings. The predicted octanol–water partition coefficient (Wildman–Crippen LogP) is 6.04. The minimum absolute atomic E-state index is 0.00396. The topological polar surface area (TPSA) is 58.6 Å². The highest BCUT2D eigenvalue weighted by molar-refractivity contribution is 9.10. The van der Waals surface area contributed by atoms with Crippen LogP contribution in [-0.4, -0.2) is 35.4 Å². The molecule has 3 aromatic rings. The molecule has 5 nitrogen and oxygen atoms in total. The van der Waals surface area contributed by atoms with E-state index in [2.05, 4.69) is 21.2 Å². The number of rotatable bonds is 11. The number of amides is 2. The van der Waals surface area contributed by atoms with Crippen molar-refractivity contribution in [3.05, 3.63) is 99.5 Å². The number of hydrogen-bond donors (Lipinski definition) is 1. The zero-order valence-corrected chi connectivity index (χ0v) is 22.3. The van der Waals surface area contributed by atoms with Crippen molar-refractivity contribution < 1.29 is 14.3 Å². The molecule has 0 aliphatic carbocycles. The summed E-state index contributed by atoms with van der Waals surface area (Å²) in [5.41, 5.74) is 1.89. The van der Waals surface area contributed by atoms with Crippen LogP contribution in [0.1, 0.15) is 31.4 Å². The lowest BCUT2D eigenvalue weighted by molar-refractivity contribution is -0.143. The van der Waals surface area contributed by atoms with Crippen LogP contribution < -0.4 is 10.1 Å². The Kier molecular flexibility index (Phi) is 10.2. The van der Waals surface area contributed by atoms with E-state index in [1.54, 1.807) is 29.2 Å². The van der Waals surface area contributed by atoms with Gasteiger partial charge in [0.05, 0.1) is 0 Å². The van der Waals surface area contributed by atoms with Crippen LogP contribution in [0.5, 0.6) is 5.75 Å². The first-order valence-corrected chi connectivity index (χ1v) is 12.8. The SMILES string of the molecule is CC[C@@H](C)NC(=O)[C@@H](Cc1ccccc1)N(Cc1ccc(Br)cc1)C(=O)COc1ccc(Cl)cc1. The maximum atomic E-state index is 13.5. The Labute approximate surface area is 220 Å². The third kappa shape index (κ3) is 8.41. The number of nitrogens with one attached hydrogen (secondary N) is 1. The van der Waals surface area contributed by atoms with Gasteiger partial charge < -0.3 is 15.0 Å². The molecule has 0 heterocycles. The van der Waals surface area contributed by atoms with E-state index in [1.807, 2.05) is 68.4 Å². The lowest BCUT2D eigenvalue weighted by Gasteiger charge is -2.32. The molecule has 35 heavy (non-hydrogen) atoms. The van der Waals surface area contributed by atoms with E-state index >= 15 is 0 Å². The van der Waals surface area contributed by atoms with E-state index in [0.29, 0.717) is 17.2 Å². The van der Waals surface area contributed by atoms with Crippen LogP contribution >= 0.6 is 27.5 Å². The Morgan fingerprint density at radius 1 is 0.971 bits per heavy atom. The van der Waals surface area contributed by atoms with Crippen molar-refractivity contribution in [3.8, 4) is 5.75 Å². The highest BCUT2D eigenvalue weighted by Crippen LogP contribution is 2.19. The van der Waals surface area contributed by atoms with Gasteiger partial charge in [-0.15, -0.1) is 0 Å². The first-order chi connectivity index (χ1) is 16.9. The van der Waals surface area contributed by atoms with Crippen LogP contribution in [0.2, 0.25) is 5.02 Å². The number of hydrogen-bond acceptors (Lipinski definition) is 3. The molecule has 3 rings (SSSR count). The molecule has 0 saturated heterocycles. The van der Waals surface area contributed by atoms with Gasteiger partial charge in [-0.2, -0.15) is 0 Å². The normalized spacial score (nSPS) is 12.5. The smallest absolute Gasteiger partial charge is 0.261 e. The van der Waals surface area contributed by atoms with Gasteiger partial charge in [0, 0.05) is 28.5 Å². The molecule has 2 amide bonds. The van der Waals surface area contributed by atoms with Gasteiger partial charge in [-0.05, 0) is 60.9 Å². The van der Waals surface area contributed by atoms with Crippen LogP contribution in [0.25, 0.3) is 0 Å². The molecular weight excluding hydrogens is 528 g/mol. The zero-order chi connectivity index (χ0) is 25.2. The van der Waals surface area contributed by atoms with Crippen molar-refractivity contribution in [1.82, 2.24) is 10.2 Å². The van der Waals surface area contributed by atoms with Crippen LogP contribution in [0.3, 0.4) is 0 Å². The van der Waals surface area contributed by atoms with E-state index in [0.717, 1.165) is 22.0 Å². The van der Waals surface area contributed by atoms with E-state index in [1.165, 1.54) is 0 Å². The van der Waals surface area contributed by atoms with E-state index in [-0.39, 0.29) is 31.0 Å². The molecule has 0 saturated carbocycles. The summed E-state index contributed by atoms with van der Waals surface area (Å²) in [5.74, 6) is 0.0817. The van der Waals surface area contributed by atoms with Crippen molar-refractivity contribution in [2.24, 2.45) is 0 Å². The predicted molar refractivity (Wildman–Crippen MR) is 143 cm³/mol. The summed E-state index contributed by atoms with van der Waals surface area (Å²) in [4.78, 5) is 28.6. The summed E-state index contributed by atoms with van der Waals surface area (Å²) in [6.07, 6.45) is 1.19. The summed E-state index contributed by atoms with van der Waals surface area (Å²) < 4.78 is 6.70. The van der Waals surface area contributed by atoms with Crippen LogP contribution in [0.4, 0.5) is 0 Å². The van der Waals surface area contributed by atoms with Gasteiger partial charge >= 0.3 is 0 Å². The lowest BCUT2D eigenvalue weighted by Crippen LogP contribution is -2.53. The number of nitrogens with zero attached hydrogens (tertiary/aromatic N) is 1. The summed E-state index contributed by atoms with van der Waals surface area (Å²) in [7, 11) is 0. The Morgan fingerprint density at radius 3 is 2.26 bits per heavy atom.